The van der Waals surface area contributed by atoms with E-state index in [0.717, 1.165) is 5.56 Å². The molecular weight excluding hydrogens is 235 g/mol. The number of esters is 1. The van der Waals surface area contributed by atoms with E-state index in [9.17, 15) is 4.79 Å². The molecule has 0 aliphatic heterocycles. The maximum atomic E-state index is 11.0. The predicted molar refractivity (Wildman–Crippen MR) is 61.1 cm³/mol. The van der Waals surface area contributed by atoms with Crippen molar-refractivity contribution >= 4 is 29.2 Å². The zero-order chi connectivity index (χ0) is 11.3. The highest BCUT2D eigenvalue weighted by atomic mass is 35.5. The van der Waals surface area contributed by atoms with E-state index in [-0.39, 0.29) is 19.0 Å². The smallest absolute Gasteiger partial charge is 0.309 e. The van der Waals surface area contributed by atoms with E-state index in [1.54, 1.807) is 18.2 Å². The number of benzene rings is 1. The Balaban J connectivity index is 2.57. The molecule has 0 bridgehead atoms. The van der Waals surface area contributed by atoms with Gasteiger partial charge in [-0.1, -0.05) is 35.3 Å². The van der Waals surface area contributed by atoms with E-state index < -0.39 is 0 Å². The molecule has 4 heteroatoms. The molecule has 0 N–H and O–H groups in total. The fourth-order valence-corrected chi connectivity index (χ4v) is 1.44. The molecule has 0 saturated carbocycles. The standard InChI is InChI=1S/C11H10Cl2O2/c1-2-3-11(14)15-7-8-4-5-9(12)6-10(8)13/h2,4-6H,1,3,7H2. The van der Waals surface area contributed by atoms with Gasteiger partial charge in [0, 0.05) is 15.6 Å². The molecule has 0 fully saturated rings. The lowest BCUT2D eigenvalue weighted by Gasteiger charge is -2.05. The van der Waals surface area contributed by atoms with Gasteiger partial charge in [0.1, 0.15) is 6.61 Å². The highest BCUT2D eigenvalue weighted by Gasteiger charge is 2.04. The molecule has 1 rings (SSSR count). The van der Waals surface area contributed by atoms with Gasteiger partial charge in [0.15, 0.2) is 0 Å². The zero-order valence-corrected chi connectivity index (χ0v) is 9.52. The van der Waals surface area contributed by atoms with Gasteiger partial charge in [-0.15, -0.1) is 6.58 Å². The van der Waals surface area contributed by atoms with Gasteiger partial charge in [0.05, 0.1) is 6.42 Å². The third kappa shape index (κ3) is 3.94. The molecule has 0 aliphatic rings. The molecule has 15 heavy (non-hydrogen) atoms. The Bertz CT molecular complexity index is 375. The van der Waals surface area contributed by atoms with Crippen molar-refractivity contribution in [2.24, 2.45) is 0 Å². The average molecular weight is 245 g/mol. The number of hydrogen-bond acceptors (Lipinski definition) is 2. The average Bonchev–Trinajstić information content (AvgIpc) is 2.17. The summed E-state index contributed by atoms with van der Waals surface area (Å²) in [5, 5.41) is 1.05. The quantitative estimate of drug-likeness (QED) is 0.598. The van der Waals surface area contributed by atoms with Gasteiger partial charge in [0.2, 0.25) is 0 Å². The minimum Gasteiger partial charge on any atom is -0.461 e. The van der Waals surface area contributed by atoms with Crippen LogP contribution in [0, 0.1) is 0 Å². The highest BCUT2D eigenvalue weighted by Crippen LogP contribution is 2.21. The van der Waals surface area contributed by atoms with Crippen molar-refractivity contribution in [2.75, 3.05) is 0 Å². The van der Waals surface area contributed by atoms with Crippen LogP contribution in [0.2, 0.25) is 10.0 Å². The Morgan fingerprint density at radius 3 is 2.80 bits per heavy atom. The fraction of sp³-hybridized carbons (Fsp3) is 0.182. The lowest BCUT2D eigenvalue weighted by Crippen LogP contribution is -2.03. The van der Waals surface area contributed by atoms with Crippen LogP contribution in [0.25, 0.3) is 0 Å². The molecule has 0 radical (unpaired) electrons. The maximum Gasteiger partial charge on any atom is 0.309 e. The molecule has 1 aromatic rings. The second kappa shape index (κ2) is 5.79. The number of carbonyl (C=O) groups is 1. The Labute approximate surface area is 98.4 Å². The molecule has 0 heterocycles. The van der Waals surface area contributed by atoms with Crippen LogP contribution in [0.15, 0.2) is 30.9 Å². The van der Waals surface area contributed by atoms with E-state index in [4.69, 9.17) is 27.9 Å². The number of halogens is 2. The van der Waals surface area contributed by atoms with E-state index in [1.165, 1.54) is 6.08 Å². The van der Waals surface area contributed by atoms with Crippen LogP contribution >= 0.6 is 23.2 Å². The van der Waals surface area contributed by atoms with Crippen molar-refractivity contribution in [3.8, 4) is 0 Å². The SMILES string of the molecule is C=CCC(=O)OCc1ccc(Cl)cc1Cl. The van der Waals surface area contributed by atoms with Crippen LogP contribution < -0.4 is 0 Å². The van der Waals surface area contributed by atoms with E-state index in [0.29, 0.717) is 10.0 Å². The minimum atomic E-state index is -0.323. The summed E-state index contributed by atoms with van der Waals surface area (Å²) in [6.07, 6.45) is 1.69. The molecule has 0 aliphatic carbocycles. The van der Waals surface area contributed by atoms with Gasteiger partial charge in [-0.05, 0) is 12.1 Å². The van der Waals surface area contributed by atoms with Gasteiger partial charge in [0.25, 0.3) is 0 Å². The van der Waals surface area contributed by atoms with E-state index in [2.05, 4.69) is 6.58 Å². The summed E-state index contributed by atoms with van der Waals surface area (Å²) in [6, 6.07) is 5.04. The van der Waals surface area contributed by atoms with Crippen LogP contribution in [0.1, 0.15) is 12.0 Å². The molecular formula is C11H10Cl2O2. The topological polar surface area (TPSA) is 26.3 Å². The first kappa shape index (κ1) is 12.1. The third-order valence-electron chi connectivity index (χ3n) is 1.71. The molecule has 0 saturated heterocycles. The summed E-state index contributed by atoms with van der Waals surface area (Å²) < 4.78 is 4.95. The zero-order valence-electron chi connectivity index (χ0n) is 8.00. The van der Waals surface area contributed by atoms with Crippen LogP contribution in [0.5, 0.6) is 0 Å². The molecule has 0 atom stereocenters. The van der Waals surface area contributed by atoms with Crippen LogP contribution in [0.3, 0.4) is 0 Å². The Morgan fingerprint density at radius 1 is 1.47 bits per heavy atom. The molecule has 0 unspecified atom stereocenters. The number of ether oxygens (including phenoxy) is 1. The van der Waals surface area contributed by atoms with Crippen LogP contribution in [-0.2, 0) is 16.1 Å². The third-order valence-corrected chi connectivity index (χ3v) is 2.30. The van der Waals surface area contributed by atoms with Crippen molar-refractivity contribution in [3.05, 3.63) is 46.5 Å². The second-order valence-corrected chi connectivity index (χ2v) is 3.73. The molecule has 0 spiro atoms. The van der Waals surface area contributed by atoms with Crippen molar-refractivity contribution in [2.45, 2.75) is 13.0 Å². The monoisotopic (exact) mass is 244 g/mol. The Kier molecular flexibility index (Phi) is 4.66. The van der Waals surface area contributed by atoms with E-state index in [1.807, 2.05) is 0 Å². The summed E-state index contributed by atoms with van der Waals surface area (Å²) >= 11 is 11.6. The normalized spacial score (nSPS) is 9.73. The summed E-state index contributed by atoms with van der Waals surface area (Å²) in [7, 11) is 0. The Hall–Kier alpha value is -0.990. The van der Waals surface area contributed by atoms with Crippen molar-refractivity contribution < 1.29 is 9.53 Å². The first-order chi connectivity index (χ1) is 7.13. The van der Waals surface area contributed by atoms with Gasteiger partial charge in [-0.25, -0.2) is 0 Å². The van der Waals surface area contributed by atoms with Gasteiger partial charge < -0.3 is 4.74 Å². The van der Waals surface area contributed by atoms with Crippen molar-refractivity contribution in [1.29, 1.82) is 0 Å². The first-order valence-corrected chi connectivity index (χ1v) is 5.09. The maximum absolute atomic E-state index is 11.0. The minimum absolute atomic E-state index is 0.155. The Morgan fingerprint density at radius 2 is 2.20 bits per heavy atom. The van der Waals surface area contributed by atoms with Crippen LogP contribution in [-0.4, -0.2) is 5.97 Å². The predicted octanol–water partition coefficient (Wildman–Crippen LogP) is 3.61. The summed E-state index contributed by atoms with van der Waals surface area (Å²) in [6.45, 7) is 3.60. The highest BCUT2D eigenvalue weighted by molar-refractivity contribution is 6.35. The molecule has 0 amide bonds. The summed E-state index contributed by atoms with van der Waals surface area (Å²) in [4.78, 5) is 11.0. The molecule has 0 aromatic heterocycles. The lowest BCUT2D eigenvalue weighted by atomic mass is 10.2. The van der Waals surface area contributed by atoms with Gasteiger partial charge in [-0.2, -0.15) is 0 Å². The summed E-state index contributed by atoms with van der Waals surface area (Å²) in [5.41, 5.74) is 0.735. The molecule has 2 nitrogen and oxygen atoms in total. The van der Waals surface area contributed by atoms with Crippen molar-refractivity contribution in [3.63, 3.8) is 0 Å². The fourth-order valence-electron chi connectivity index (χ4n) is 0.974. The van der Waals surface area contributed by atoms with Gasteiger partial charge in [-0.3, -0.25) is 4.79 Å². The number of rotatable bonds is 4. The first-order valence-electron chi connectivity index (χ1n) is 4.34. The number of carbonyl (C=O) groups excluding carboxylic acids is 1. The lowest BCUT2D eigenvalue weighted by molar-refractivity contribution is -0.143. The van der Waals surface area contributed by atoms with Gasteiger partial charge >= 0.3 is 5.97 Å². The number of hydrogen-bond donors (Lipinski definition) is 0. The van der Waals surface area contributed by atoms with Crippen molar-refractivity contribution in [1.82, 2.24) is 0 Å². The molecule has 80 valence electrons. The largest absolute Gasteiger partial charge is 0.461 e. The summed E-state index contributed by atoms with van der Waals surface area (Å²) in [5.74, 6) is -0.323. The van der Waals surface area contributed by atoms with Crippen LogP contribution in [0.4, 0.5) is 0 Å². The van der Waals surface area contributed by atoms with E-state index >= 15 is 0 Å². The molecule has 1 aromatic carbocycles. The second-order valence-electron chi connectivity index (χ2n) is 2.89.